The van der Waals surface area contributed by atoms with Crippen LogP contribution < -0.4 is 5.73 Å². The van der Waals surface area contributed by atoms with Crippen LogP contribution in [0.1, 0.15) is 97.3 Å². The number of nitrogens with two attached hydrogens (primary N) is 1. The zero-order valence-electron chi connectivity index (χ0n) is 14.0. The molecule has 0 unspecified atom stereocenters. The highest BCUT2D eigenvalue weighted by Crippen LogP contribution is 2.10. The lowest BCUT2D eigenvalue weighted by atomic mass is 10.1. The molecule has 0 bridgehead atoms. The minimum Gasteiger partial charge on any atom is -0.481 e. The van der Waals surface area contributed by atoms with Gasteiger partial charge >= 0.3 is 5.97 Å². The topological polar surface area (TPSA) is 80.4 Å². The van der Waals surface area contributed by atoms with Crippen molar-refractivity contribution in [2.45, 2.75) is 97.3 Å². The molecule has 3 N–H and O–H groups in total. The van der Waals surface area contributed by atoms with Crippen molar-refractivity contribution in [1.29, 1.82) is 0 Å². The number of hydrogen-bond donors (Lipinski definition) is 2. The minimum absolute atomic E-state index is 0.159. The zero-order chi connectivity index (χ0) is 16.3. The van der Waals surface area contributed by atoms with Gasteiger partial charge in [-0.05, 0) is 12.8 Å². The quantitative estimate of drug-likeness (QED) is 0.486. The van der Waals surface area contributed by atoms with E-state index < -0.39 is 5.97 Å². The van der Waals surface area contributed by atoms with Crippen molar-refractivity contribution in [2.75, 3.05) is 0 Å². The van der Waals surface area contributed by atoms with Gasteiger partial charge in [-0.25, -0.2) is 0 Å². The van der Waals surface area contributed by atoms with Crippen LogP contribution in [0.15, 0.2) is 0 Å². The van der Waals surface area contributed by atoms with E-state index in [2.05, 4.69) is 6.92 Å². The molecule has 0 aliphatic rings. The summed E-state index contributed by atoms with van der Waals surface area (Å²) in [6, 6.07) is 0. The van der Waals surface area contributed by atoms with Gasteiger partial charge < -0.3 is 10.8 Å². The maximum atomic E-state index is 10.4. The van der Waals surface area contributed by atoms with E-state index in [1.807, 2.05) is 6.92 Å². The fourth-order valence-electron chi connectivity index (χ4n) is 1.94. The second-order valence-corrected chi connectivity index (χ2v) is 5.54. The van der Waals surface area contributed by atoms with E-state index in [9.17, 15) is 9.59 Å². The summed E-state index contributed by atoms with van der Waals surface area (Å²) in [5.74, 6) is -0.852. The highest BCUT2D eigenvalue weighted by atomic mass is 16.4. The average molecular weight is 301 g/mol. The molecule has 0 aromatic carbocycles. The van der Waals surface area contributed by atoms with Gasteiger partial charge in [0.15, 0.2) is 0 Å². The number of carbonyl (C=O) groups is 2. The Balaban J connectivity index is 0. The first kappa shape index (κ1) is 22.2. The molecule has 21 heavy (non-hydrogen) atoms. The lowest BCUT2D eigenvalue weighted by molar-refractivity contribution is -0.137. The molecule has 0 heterocycles. The summed E-state index contributed by atoms with van der Waals surface area (Å²) in [6.45, 7) is 4.22. The van der Waals surface area contributed by atoms with Gasteiger partial charge in [-0.2, -0.15) is 0 Å². The molecule has 4 heteroatoms. The molecule has 1 amide bonds. The third kappa shape index (κ3) is 28.0. The highest BCUT2D eigenvalue weighted by Gasteiger charge is 1.94. The normalized spacial score (nSPS) is 9.81. The van der Waals surface area contributed by atoms with Crippen LogP contribution in [-0.4, -0.2) is 17.0 Å². The second-order valence-electron chi connectivity index (χ2n) is 5.54. The minimum atomic E-state index is -0.693. The first-order valence-corrected chi connectivity index (χ1v) is 8.54. The molecule has 0 radical (unpaired) electrons. The van der Waals surface area contributed by atoms with Gasteiger partial charge in [-0.1, -0.05) is 71.6 Å². The molecular formula is C17H35NO3. The summed E-state index contributed by atoms with van der Waals surface area (Å²) >= 11 is 0. The zero-order valence-corrected chi connectivity index (χ0v) is 14.0. The number of hydrogen-bond acceptors (Lipinski definition) is 2. The maximum absolute atomic E-state index is 10.4. The lowest BCUT2D eigenvalue weighted by Gasteiger charge is -2.00. The van der Waals surface area contributed by atoms with Gasteiger partial charge in [0.05, 0.1) is 0 Å². The Morgan fingerprint density at radius 2 is 1.14 bits per heavy atom. The number of carboxylic acid groups (broad SMARTS) is 1. The van der Waals surface area contributed by atoms with E-state index >= 15 is 0 Å². The van der Waals surface area contributed by atoms with Gasteiger partial charge in [0, 0.05) is 12.8 Å². The molecule has 0 aromatic rings. The Morgan fingerprint density at radius 3 is 1.48 bits per heavy atom. The van der Waals surface area contributed by atoms with Crippen molar-refractivity contribution in [2.24, 2.45) is 5.73 Å². The Morgan fingerprint density at radius 1 is 0.714 bits per heavy atom. The van der Waals surface area contributed by atoms with E-state index in [1.165, 1.54) is 44.9 Å². The SMILES string of the molecule is CCCCC(=O)O.CCCCCCCCCCCC(N)=O. The van der Waals surface area contributed by atoms with Crippen molar-refractivity contribution >= 4 is 11.9 Å². The van der Waals surface area contributed by atoms with Crippen molar-refractivity contribution in [3.8, 4) is 0 Å². The van der Waals surface area contributed by atoms with Gasteiger partial charge in [0.1, 0.15) is 0 Å². The summed E-state index contributed by atoms with van der Waals surface area (Å²) in [4.78, 5) is 20.2. The molecule has 0 aromatic heterocycles. The Kier molecular flexibility index (Phi) is 20.0. The van der Waals surface area contributed by atoms with E-state index in [-0.39, 0.29) is 5.91 Å². The lowest BCUT2D eigenvalue weighted by Crippen LogP contribution is -2.09. The number of rotatable bonds is 13. The summed E-state index contributed by atoms with van der Waals surface area (Å²) in [5.41, 5.74) is 5.05. The largest absolute Gasteiger partial charge is 0.481 e. The first-order valence-electron chi connectivity index (χ1n) is 8.54. The molecule has 0 fully saturated rings. The number of amides is 1. The predicted molar refractivity (Wildman–Crippen MR) is 88.2 cm³/mol. The van der Waals surface area contributed by atoms with E-state index in [4.69, 9.17) is 10.8 Å². The van der Waals surface area contributed by atoms with Crippen LogP contribution in [0.5, 0.6) is 0 Å². The van der Waals surface area contributed by atoms with Gasteiger partial charge in [-0.15, -0.1) is 0 Å². The summed E-state index contributed by atoms with van der Waals surface area (Å²) in [5, 5.41) is 8.04. The van der Waals surface area contributed by atoms with Crippen molar-refractivity contribution in [1.82, 2.24) is 0 Å². The summed E-state index contributed by atoms with van der Waals surface area (Å²) in [7, 11) is 0. The van der Waals surface area contributed by atoms with Crippen molar-refractivity contribution in [3.05, 3.63) is 0 Å². The Hall–Kier alpha value is -1.06. The van der Waals surface area contributed by atoms with Crippen LogP contribution in [0.3, 0.4) is 0 Å². The molecule has 0 rings (SSSR count). The molecule has 0 aliphatic carbocycles. The number of unbranched alkanes of at least 4 members (excludes halogenated alkanes) is 9. The predicted octanol–water partition coefficient (Wildman–Crippen LogP) is 4.65. The summed E-state index contributed by atoms with van der Waals surface area (Å²) < 4.78 is 0. The van der Waals surface area contributed by atoms with Crippen LogP contribution in [0.2, 0.25) is 0 Å². The third-order valence-electron chi connectivity index (χ3n) is 3.27. The fraction of sp³-hybridized carbons (Fsp3) is 0.882. The van der Waals surface area contributed by atoms with Crippen LogP contribution >= 0.6 is 0 Å². The van der Waals surface area contributed by atoms with Crippen molar-refractivity contribution < 1.29 is 14.7 Å². The Bertz CT molecular complexity index is 242. The highest BCUT2D eigenvalue weighted by molar-refractivity contribution is 5.73. The molecule has 0 saturated heterocycles. The monoisotopic (exact) mass is 301 g/mol. The first-order chi connectivity index (χ1) is 10.0. The van der Waals surface area contributed by atoms with Crippen LogP contribution in [0.4, 0.5) is 0 Å². The van der Waals surface area contributed by atoms with E-state index in [0.717, 1.165) is 25.7 Å². The second kappa shape index (κ2) is 18.9. The van der Waals surface area contributed by atoms with Crippen LogP contribution in [-0.2, 0) is 9.59 Å². The molecule has 0 atom stereocenters. The molecule has 0 aliphatic heterocycles. The van der Waals surface area contributed by atoms with Crippen LogP contribution in [0, 0.1) is 0 Å². The Labute approximate surface area is 130 Å². The number of carboxylic acids is 1. The molecule has 0 saturated carbocycles. The molecule has 4 nitrogen and oxygen atoms in total. The fourth-order valence-corrected chi connectivity index (χ4v) is 1.94. The van der Waals surface area contributed by atoms with E-state index in [0.29, 0.717) is 12.8 Å². The number of primary amides is 1. The van der Waals surface area contributed by atoms with E-state index in [1.54, 1.807) is 0 Å². The average Bonchev–Trinajstić information content (AvgIpc) is 2.43. The molecule has 0 spiro atoms. The van der Waals surface area contributed by atoms with Gasteiger partial charge in [0.2, 0.25) is 5.91 Å². The maximum Gasteiger partial charge on any atom is 0.303 e. The van der Waals surface area contributed by atoms with Crippen molar-refractivity contribution in [3.63, 3.8) is 0 Å². The van der Waals surface area contributed by atoms with Gasteiger partial charge in [-0.3, -0.25) is 9.59 Å². The number of aliphatic carboxylic acids is 1. The molecule has 126 valence electrons. The molecular weight excluding hydrogens is 266 g/mol. The standard InChI is InChI=1S/C12H25NO.C5H10O2/c1-2-3-4-5-6-7-8-9-10-11-12(13)14;1-2-3-4-5(6)7/h2-11H2,1H3,(H2,13,14);2-4H2,1H3,(H,6,7). The smallest absolute Gasteiger partial charge is 0.303 e. The third-order valence-corrected chi connectivity index (χ3v) is 3.27. The summed E-state index contributed by atoms with van der Waals surface area (Å²) in [6.07, 6.45) is 14.2. The van der Waals surface area contributed by atoms with Crippen LogP contribution in [0.25, 0.3) is 0 Å². The number of carbonyl (C=O) groups excluding carboxylic acids is 1. The van der Waals surface area contributed by atoms with Gasteiger partial charge in [0.25, 0.3) is 0 Å².